The van der Waals surface area contributed by atoms with Gasteiger partial charge in [-0.2, -0.15) is 5.10 Å². The van der Waals surface area contributed by atoms with Crippen LogP contribution in [0.2, 0.25) is 0 Å². The van der Waals surface area contributed by atoms with Gasteiger partial charge in [0.05, 0.1) is 12.5 Å². The highest BCUT2D eigenvalue weighted by Crippen LogP contribution is 2.31. The maximum absolute atomic E-state index is 13.9. The first-order chi connectivity index (χ1) is 15.1. The molecular weight excluding hydrogens is 431 g/mol. The number of fused-ring (bicyclic) bond motifs is 1. The van der Waals surface area contributed by atoms with E-state index in [2.05, 4.69) is 5.10 Å². The highest BCUT2D eigenvalue weighted by molar-refractivity contribution is 7.21. The van der Waals surface area contributed by atoms with Gasteiger partial charge in [0.15, 0.2) is 0 Å². The molecule has 0 aliphatic rings. The van der Waals surface area contributed by atoms with Crippen molar-refractivity contribution in [2.24, 2.45) is 0 Å². The Bertz CT molecular complexity index is 1410. The van der Waals surface area contributed by atoms with Crippen molar-refractivity contribution < 1.29 is 9.13 Å². The van der Waals surface area contributed by atoms with Crippen molar-refractivity contribution in [1.82, 2.24) is 18.9 Å². The van der Waals surface area contributed by atoms with Crippen LogP contribution in [0.3, 0.4) is 0 Å². The molecule has 0 fully saturated rings. The standard InChI is InChI=1S/C23H25FN4O3S/c1-14-18-19(29)28(23(2,3)4)22(30)26(21(18)32-20(14)27-11-6-10-25-27)12-9-15-13-16(24)7-8-17(15)31-5/h6-8,10-11,13H,9,12H2,1-5H3. The van der Waals surface area contributed by atoms with Crippen molar-refractivity contribution in [3.8, 4) is 10.8 Å². The number of rotatable bonds is 5. The first kappa shape index (κ1) is 22.0. The van der Waals surface area contributed by atoms with Crippen LogP contribution in [-0.4, -0.2) is 26.0 Å². The van der Waals surface area contributed by atoms with E-state index in [1.165, 1.54) is 35.1 Å². The second kappa shape index (κ2) is 8.05. The fraction of sp³-hybridized carbons (Fsp3) is 0.348. The number of thiophene rings is 1. The van der Waals surface area contributed by atoms with Gasteiger partial charge in [0, 0.05) is 30.0 Å². The molecule has 0 aliphatic heterocycles. The first-order valence-corrected chi connectivity index (χ1v) is 11.1. The van der Waals surface area contributed by atoms with Crippen molar-refractivity contribution in [3.05, 3.63) is 74.4 Å². The summed E-state index contributed by atoms with van der Waals surface area (Å²) in [4.78, 5) is 27.5. The average Bonchev–Trinajstić information content (AvgIpc) is 3.35. The third-order valence-electron chi connectivity index (χ3n) is 5.42. The number of hydrogen-bond acceptors (Lipinski definition) is 5. The lowest BCUT2D eigenvalue weighted by atomic mass is 10.1. The molecule has 3 heterocycles. The van der Waals surface area contributed by atoms with Crippen molar-refractivity contribution >= 4 is 21.6 Å². The Morgan fingerprint density at radius 3 is 2.59 bits per heavy atom. The Morgan fingerprint density at radius 1 is 1.22 bits per heavy atom. The van der Waals surface area contributed by atoms with E-state index in [1.807, 2.05) is 27.7 Å². The van der Waals surface area contributed by atoms with Crippen LogP contribution < -0.4 is 16.0 Å². The van der Waals surface area contributed by atoms with E-state index < -0.39 is 11.2 Å². The van der Waals surface area contributed by atoms with Gasteiger partial charge in [0.2, 0.25) is 0 Å². The normalized spacial score (nSPS) is 11.9. The van der Waals surface area contributed by atoms with Gasteiger partial charge in [-0.05, 0) is 63.9 Å². The highest BCUT2D eigenvalue weighted by Gasteiger charge is 2.26. The molecule has 4 rings (SSSR count). The van der Waals surface area contributed by atoms with Crippen LogP contribution in [0.1, 0.15) is 31.9 Å². The quantitative estimate of drug-likeness (QED) is 0.457. The maximum atomic E-state index is 13.9. The zero-order valence-corrected chi connectivity index (χ0v) is 19.5. The van der Waals surface area contributed by atoms with Crippen LogP contribution in [0.15, 0.2) is 46.2 Å². The highest BCUT2D eigenvalue weighted by atomic mass is 32.1. The van der Waals surface area contributed by atoms with E-state index in [1.54, 1.807) is 33.8 Å². The van der Waals surface area contributed by atoms with Crippen LogP contribution >= 0.6 is 11.3 Å². The third kappa shape index (κ3) is 3.66. The summed E-state index contributed by atoms with van der Waals surface area (Å²) in [7, 11) is 1.53. The smallest absolute Gasteiger partial charge is 0.332 e. The molecule has 0 N–H and O–H groups in total. The zero-order chi connectivity index (χ0) is 23.2. The molecule has 0 saturated carbocycles. The molecule has 4 aromatic rings. The van der Waals surface area contributed by atoms with E-state index in [4.69, 9.17) is 4.74 Å². The van der Waals surface area contributed by atoms with Crippen LogP contribution in [0.5, 0.6) is 5.75 Å². The van der Waals surface area contributed by atoms with Gasteiger partial charge < -0.3 is 4.74 Å². The fourth-order valence-corrected chi connectivity index (χ4v) is 5.17. The molecule has 0 unspecified atom stereocenters. The molecule has 3 aromatic heterocycles. The summed E-state index contributed by atoms with van der Waals surface area (Å²) >= 11 is 1.35. The molecule has 9 heteroatoms. The maximum Gasteiger partial charge on any atom is 0.332 e. The number of hydrogen-bond donors (Lipinski definition) is 0. The Kier molecular flexibility index (Phi) is 5.54. The third-order valence-corrected chi connectivity index (χ3v) is 6.72. The van der Waals surface area contributed by atoms with Gasteiger partial charge >= 0.3 is 5.69 Å². The van der Waals surface area contributed by atoms with Gasteiger partial charge in [0.25, 0.3) is 5.56 Å². The summed E-state index contributed by atoms with van der Waals surface area (Å²) in [5.41, 5.74) is 0.0132. The van der Waals surface area contributed by atoms with Crippen LogP contribution in [-0.2, 0) is 18.5 Å². The molecule has 0 aliphatic carbocycles. The molecule has 32 heavy (non-hydrogen) atoms. The Balaban J connectivity index is 1.95. The Labute approximate surface area is 188 Å². The predicted octanol–water partition coefficient (Wildman–Crippen LogP) is 3.86. The summed E-state index contributed by atoms with van der Waals surface area (Å²) in [6.07, 6.45) is 3.84. The van der Waals surface area contributed by atoms with Crippen molar-refractivity contribution in [2.75, 3.05) is 7.11 Å². The number of aromatic nitrogens is 4. The minimum Gasteiger partial charge on any atom is -0.496 e. The zero-order valence-electron chi connectivity index (χ0n) is 18.7. The average molecular weight is 457 g/mol. The number of benzene rings is 1. The van der Waals surface area contributed by atoms with Crippen molar-refractivity contribution in [3.63, 3.8) is 0 Å². The van der Waals surface area contributed by atoms with Crippen molar-refractivity contribution in [2.45, 2.75) is 46.2 Å². The number of aryl methyl sites for hydroxylation is 3. The van der Waals surface area contributed by atoms with E-state index in [-0.39, 0.29) is 17.9 Å². The molecule has 0 amide bonds. The molecule has 0 bridgehead atoms. The van der Waals surface area contributed by atoms with Gasteiger partial charge in [-0.15, -0.1) is 0 Å². The SMILES string of the molecule is COc1ccc(F)cc1CCn1c(=O)n(C(C)(C)C)c(=O)c2c(C)c(-n3cccn3)sc21. The molecular formula is C23H25FN4O3S. The Morgan fingerprint density at radius 2 is 1.97 bits per heavy atom. The van der Waals surface area contributed by atoms with Gasteiger partial charge in [-0.25, -0.2) is 13.9 Å². The van der Waals surface area contributed by atoms with Crippen LogP contribution in [0, 0.1) is 12.7 Å². The number of ether oxygens (including phenoxy) is 1. The molecule has 168 valence electrons. The first-order valence-electron chi connectivity index (χ1n) is 10.3. The fourth-order valence-electron chi connectivity index (χ4n) is 3.91. The van der Waals surface area contributed by atoms with Gasteiger partial charge in [0.1, 0.15) is 21.4 Å². The number of halogens is 1. The van der Waals surface area contributed by atoms with E-state index in [0.717, 1.165) is 10.6 Å². The minimum atomic E-state index is -0.707. The monoisotopic (exact) mass is 456 g/mol. The van der Waals surface area contributed by atoms with E-state index in [9.17, 15) is 14.0 Å². The topological polar surface area (TPSA) is 71.0 Å². The largest absolute Gasteiger partial charge is 0.496 e. The second-order valence-electron chi connectivity index (χ2n) is 8.61. The van der Waals surface area contributed by atoms with Gasteiger partial charge in [-0.1, -0.05) is 11.3 Å². The summed E-state index contributed by atoms with van der Waals surface area (Å²) < 4.78 is 23.8. The molecule has 7 nitrogen and oxygen atoms in total. The summed E-state index contributed by atoms with van der Waals surface area (Å²) in [6, 6.07) is 6.13. The number of nitrogens with zero attached hydrogens (tertiary/aromatic N) is 4. The summed E-state index contributed by atoms with van der Waals surface area (Å²) in [5, 5.41) is 5.58. The van der Waals surface area contributed by atoms with E-state index >= 15 is 0 Å². The molecule has 1 aromatic carbocycles. The van der Waals surface area contributed by atoms with Crippen molar-refractivity contribution in [1.29, 1.82) is 0 Å². The van der Waals surface area contributed by atoms with E-state index in [0.29, 0.717) is 28.0 Å². The predicted molar refractivity (Wildman–Crippen MR) is 124 cm³/mol. The van der Waals surface area contributed by atoms with Gasteiger partial charge in [-0.3, -0.25) is 13.9 Å². The summed E-state index contributed by atoms with van der Waals surface area (Å²) in [6.45, 7) is 7.63. The molecule has 0 saturated heterocycles. The summed E-state index contributed by atoms with van der Waals surface area (Å²) in [5.74, 6) is 0.185. The second-order valence-corrected chi connectivity index (χ2v) is 9.59. The Hall–Kier alpha value is -3.20. The van der Waals surface area contributed by atoms with Crippen LogP contribution in [0.25, 0.3) is 15.2 Å². The number of methoxy groups -OCH3 is 1. The minimum absolute atomic E-state index is 0.268. The molecule has 0 spiro atoms. The van der Waals surface area contributed by atoms with Crippen LogP contribution in [0.4, 0.5) is 4.39 Å². The molecule has 0 radical (unpaired) electrons. The lowest BCUT2D eigenvalue weighted by Gasteiger charge is -2.23. The molecule has 0 atom stereocenters. The lowest BCUT2D eigenvalue weighted by Crippen LogP contribution is -2.47. The lowest BCUT2D eigenvalue weighted by molar-refractivity contribution is 0.358.